The Kier molecular flexibility index (Phi) is 48.9. The van der Waals surface area contributed by atoms with Crippen LogP contribution in [0.4, 0.5) is 0 Å². The van der Waals surface area contributed by atoms with E-state index >= 15 is 0 Å². The van der Waals surface area contributed by atoms with E-state index in [0.717, 1.165) is 70.6 Å². The summed E-state index contributed by atoms with van der Waals surface area (Å²) in [6, 6.07) is -1.55. The smallest absolute Gasteiger partial charge is 0.472 e. The Labute approximate surface area is 415 Å². The number of hydrogen-bond acceptors (Lipinski definition) is 8. The van der Waals surface area contributed by atoms with Gasteiger partial charge in [0.05, 0.1) is 13.2 Å². The van der Waals surface area contributed by atoms with Gasteiger partial charge in [-0.1, -0.05) is 236 Å². The van der Waals surface area contributed by atoms with Crippen molar-refractivity contribution in [3.63, 3.8) is 0 Å². The van der Waals surface area contributed by atoms with Gasteiger partial charge < -0.3 is 25.2 Å². The van der Waals surface area contributed by atoms with Gasteiger partial charge in [0.2, 0.25) is 5.91 Å². The molecule has 3 unspecified atom stereocenters. The van der Waals surface area contributed by atoms with E-state index in [4.69, 9.17) is 13.8 Å². The molecule has 3 atom stereocenters. The number of amides is 1. The van der Waals surface area contributed by atoms with Crippen LogP contribution in [0.15, 0.2) is 48.6 Å². The molecule has 0 aromatic rings. The summed E-state index contributed by atoms with van der Waals surface area (Å²) < 4.78 is 27.0. The van der Waals surface area contributed by atoms with Crippen LogP contribution < -0.4 is 5.32 Å². The molecule has 68 heavy (non-hydrogen) atoms. The van der Waals surface area contributed by atoms with E-state index in [1.807, 2.05) is 0 Å². The molecule has 0 saturated carbocycles. The fourth-order valence-electron chi connectivity index (χ4n) is 7.83. The van der Waals surface area contributed by atoms with Crippen LogP contribution in [0.2, 0.25) is 0 Å². The summed E-state index contributed by atoms with van der Waals surface area (Å²) in [5, 5.41) is 22.0. The molecule has 0 saturated heterocycles. The number of aliphatic hydroxyl groups excluding tert-OH is 1. The minimum Gasteiger partial charge on any atom is -0.480 e. The van der Waals surface area contributed by atoms with Gasteiger partial charge in [0.15, 0.2) is 6.04 Å². The van der Waals surface area contributed by atoms with Crippen LogP contribution in [0, 0.1) is 0 Å². The molecule has 0 aromatic heterocycles. The van der Waals surface area contributed by atoms with Crippen molar-refractivity contribution in [3.05, 3.63) is 48.6 Å². The summed E-state index contributed by atoms with van der Waals surface area (Å²) in [7, 11) is -4.77. The molecule has 12 heteroatoms. The normalized spacial score (nSPS) is 13.8. The number of phosphoric ester groups is 1. The maximum atomic E-state index is 12.4. The number of carboxylic acids is 1. The van der Waals surface area contributed by atoms with E-state index in [2.05, 4.69) is 67.8 Å². The van der Waals surface area contributed by atoms with Crippen LogP contribution in [0.3, 0.4) is 0 Å². The Morgan fingerprint density at radius 3 is 1.24 bits per heavy atom. The van der Waals surface area contributed by atoms with Gasteiger partial charge in [-0.3, -0.25) is 18.6 Å². The predicted molar refractivity (Wildman–Crippen MR) is 282 cm³/mol. The lowest BCUT2D eigenvalue weighted by atomic mass is 10.0. The van der Waals surface area contributed by atoms with Crippen LogP contribution in [0.5, 0.6) is 0 Å². The Balaban J connectivity index is 3.81. The lowest BCUT2D eigenvalue weighted by molar-refractivity contribution is -0.147. The standard InChI is InChI=1S/C56H102NO10P/c1-3-5-7-9-11-13-15-17-19-21-23-25-26-28-29-31-33-35-37-39-41-43-45-47-54(59)57-53(56(61)62)51-67-68(63,64)66-50-52(58)49-65-55(60)48-46-44-42-40-38-36-34-32-30-27-24-22-20-18-16-14-12-10-8-6-4-2/h12,14,18,20,24,27,32,34,52-53,58H,3-11,13,15-17,19,21-23,25-26,28-31,33,35-51H2,1-2H3,(H,57,59)(H,61,62)(H,63,64)/b14-12-,20-18-,27-24-,34-32-. The van der Waals surface area contributed by atoms with Gasteiger partial charge in [0.25, 0.3) is 0 Å². The zero-order chi connectivity index (χ0) is 49.9. The quantitative estimate of drug-likeness (QED) is 0.0199. The number of nitrogens with one attached hydrogen (secondary N) is 1. The van der Waals surface area contributed by atoms with E-state index in [0.29, 0.717) is 12.8 Å². The molecule has 11 nitrogen and oxygen atoms in total. The van der Waals surface area contributed by atoms with Gasteiger partial charge in [0.1, 0.15) is 12.7 Å². The second-order valence-electron chi connectivity index (χ2n) is 18.8. The number of rotatable bonds is 52. The fourth-order valence-corrected chi connectivity index (χ4v) is 8.60. The monoisotopic (exact) mass is 980 g/mol. The van der Waals surface area contributed by atoms with E-state index in [-0.39, 0.29) is 12.8 Å². The van der Waals surface area contributed by atoms with Crippen molar-refractivity contribution in [3.8, 4) is 0 Å². The molecule has 4 N–H and O–H groups in total. The highest BCUT2D eigenvalue weighted by molar-refractivity contribution is 7.47. The van der Waals surface area contributed by atoms with Crippen molar-refractivity contribution in [2.75, 3.05) is 19.8 Å². The average molecular weight is 980 g/mol. The molecule has 0 fully saturated rings. The fraction of sp³-hybridized carbons (Fsp3) is 0.804. The Morgan fingerprint density at radius 1 is 0.471 bits per heavy atom. The highest BCUT2D eigenvalue weighted by atomic mass is 31.2. The maximum absolute atomic E-state index is 12.4. The molecular weight excluding hydrogens is 878 g/mol. The second-order valence-corrected chi connectivity index (χ2v) is 20.2. The first-order chi connectivity index (χ1) is 33.1. The van der Waals surface area contributed by atoms with Crippen LogP contribution in [-0.2, 0) is 32.7 Å². The highest BCUT2D eigenvalue weighted by Gasteiger charge is 2.28. The van der Waals surface area contributed by atoms with Crippen molar-refractivity contribution < 1.29 is 47.8 Å². The summed E-state index contributed by atoms with van der Waals surface area (Å²) in [6.45, 7) is 2.59. The highest BCUT2D eigenvalue weighted by Crippen LogP contribution is 2.43. The van der Waals surface area contributed by atoms with Gasteiger partial charge >= 0.3 is 19.8 Å². The molecule has 396 valence electrons. The van der Waals surface area contributed by atoms with E-state index in [1.54, 1.807) is 0 Å². The Hall–Kier alpha value is -2.56. The maximum Gasteiger partial charge on any atom is 0.472 e. The second kappa shape index (κ2) is 50.8. The molecule has 0 aliphatic carbocycles. The number of unbranched alkanes of at least 4 members (excludes halogenated alkanes) is 30. The Bertz CT molecular complexity index is 1330. The zero-order valence-electron chi connectivity index (χ0n) is 43.4. The van der Waals surface area contributed by atoms with E-state index in [9.17, 15) is 34.1 Å². The predicted octanol–water partition coefficient (Wildman–Crippen LogP) is 15.7. The number of esters is 1. The van der Waals surface area contributed by atoms with Gasteiger partial charge in [-0.2, -0.15) is 0 Å². The first kappa shape index (κ1) is 65.4. The largest absolute Gasteiger partial charge is 0.480 e. The SMILES string of the molecule is CCCCC/C=C\C/C=C\C/C=C\C/C=C\CCCCCCCC(=O)OCC(O)COP(=O)(O)OCC(NC(=O)CCCCCCCCCCCCCCCCCCCCCCCCC)C(=O)O. The number of ether oxygens (including phenoxy) is 1. The first-order valence-corrected chi connectivity index (χ1v) is 29.2. The van der Waals surface area contributed by atoms with Gasteiger partial charge in [-0.15, -0.1) is 0 Å². The Morgan fingerprint density at radius 2 is 0.809 bits per heavy atom. The number of aliphatic hydroxyl groups is 1. The molecule has 0 aliphatic heterocycles. The number of aliphatic carboxylic acids is 1. The third-order valence-corrected chi connectivity index (χ3v) is 13.1. The van der Waals surface area contributed by atoms with Gasteiger partial charge in [-0.25, -0.2) is 9.36 Å². The van der Waals surface area contributed by atoms with Crippen molar-refractivity contribution in [1.29, 1.82) is 0 Å². The topological polar surface area (TPSA) is 169 Å². The van der Waals surface area contributed by atoms with Crippen LogP contribution >= 0.6 is 7.82 Å². The number of hydrogen-bond donors (Lipinski definition) is 4. The summed E-state index contributed by atoms with van der Waals surface area (Å²) in [4.78, 5) is 46.2. The van der Waals surface area contributed by atoms with E-state index in [1.165, 1.54) is 148 Å². The van der Waals surface area contributed by atoms with Gasteiger partial charge in [0, 0.05) is 12.8 Å². The third kappa shape index (κ3) is 49.8. The van der Waals surface area contributed by atoms with Crippen molar-refractivity contribution in [1.82, 2.24) is 5.32 Å². The van der Waals surface area contributed by atoms with Crippen LogP contribution in [-0.4, -0.2) is 64.9 Å². The summed E-state index contributed by atoms with van der Waals surface area (Å²) in [5.41, 5.74) is 0. The molecule has 0 rings (SSSR count). The number of phosphoric acid groups is 1. The molecule has 0 aliphatic rings. The molecule has 0 heterocycles. The summed E-state index contributed by atoms with van der Waals surface area (Å²) >= 11 is 0. The van der Waals surface area contributed by atoms with Crippen LogP contribution in [0.1, 0.15) is 258 Å². The van der Waals surface area contributed by atoms with Gasteiger partial charge in [-0.05, 0) is 57.8 Å². The molecule has 0 spiro atoms. The molecule has 0 radical (unpaired) electrons. The van der Waals surface area contributed by atoms with Crippen LogP contribution in [0.25, 0.3) is 0 Å². The minimum atomic E-state index is -4.77. The lowest BCUT2D eigenvalue weighted by Gasteiger charge is -2.18. The molecular formula is C56H102NO10P. The minimum absolute atomic E-state index is 0.147. The average Bonchev–Trinajstić information content (AvgIpc) is 3.32. The third-order valence-electron chi connectivity index (χ3n) is 12.1. The zero-order valence-corrected chi connectivity index (χ0v) is 44.3. The molecule has 1 amide bonds. The summed E-state index contributed by atoms with van der Waals surface area (Å²) in [5.74, 6) is -2.38. The molecule has 0 bridgehead atoms. The number of carbonyl (C=O) groups is 3. The van der Waals surface area contributed by atoms with Crippen molar-refractivity contribution >= 4 is 25.7 Å². The summed E-state index contributed by atoms with van der Waals surface area (Å²) in [6.07, 6.45) is 59.9. The lowest BCUT2D eigenvalue weighted by Crippen LogP contribution is -2.43. The number of carboxylic acid groups (broad SMARTS) is 1. The van der Waals surface area contributed by atoms with Crippen molar-refractivity contribution in [2.24, 2.45) is 0 Å². The number of allylic oxidation sites excluding steroid dienone is 8. The number of carbonyl (C=O) groups excluding carboxylic acids is 2. The van der Waals surface area contributed by atoms with Crippen molar-refractivity contribution in [2.45, 2.75) is 270 Å². The van der Waals surface area contributed by atoms with E-state index < -0.39 is 57.6 Å². The molecule has 0 aromatic carbocycles. The first-order valence-electron chi connectivity index (χ1n) is 27.7.